The van der Waals surface area contributed by atoms with E-state index in [0.29, 0.717) is 0 Å². The van der Waals surface area contributed by atoms with Gasteiger partial charge >= 0.3 is 6.18 Å². The molecule has 0 aliphatic carbocycles. The summed E-state index contributed by atoms with van der Waals surface area (Å²) in [6.45, 7) is 3.48. The summed E-state index contributed by atoms with van der Waals surface area (Å²) in [5.41, 5.74) is 7.13. The first-order valence-electron chi connectivity index (χ1n) is 9.74. The number of hydrogen-bond donors (Lipinski definition) is 1. The first-order chi connectivity index (χ1) is 14.3. The van der Waals surface area contributed by atoms with E-state index in [1.807, 2.05) is 0 Å². The van der Waals surface area contributed by atoms with Crippen LogP contribution in [-0.2, 0) is 14.3 Å². The van der Waals surface area contributed by atoms with E-state index in [1.165, 1.54) is 17.0 Å². The number of ether oxygens (including phenoxy) is 1. The maximum absolute atomic E-state index is 14.6. The van der Waals surface area contributed by atoms with Gasteiger partial charge in [0, 0.05) is 18.8 Å². The molecule has 0 spiro atoms. The second kappa shape index (κ2) is 9.92. The molecule has 2 amide bonds. The van der Waals surface area contributed by atoms with Gasteiger partial charge in [-0.1, -0.05) is 20.8 Å². The number of amides is 2. The molecular weight excluding hydrogens is 420 g/mol. The van der Waals surface area contributed by atoms with Gasteiger partial charge in [0.2, 0.25) is 5.91 Å². The Morgan fingerprint density at radius 2 is 1.97 bits per heavy atom. The van der Waals surface area contributed by atoms with Crippen LogP contribution in [0.4, 0.5) is 28.9 Å². The van der Waals surface area contributed by atoms with Crippen molar-refractivity contribution in [3.63, 3.8) is 0 Å². The van der Waals surface area contributed by atoms with Crippen LogP contribution in [0.3, 0.4) is 0 Å². The number of nitrogens with one attached hydrogen (secondary N) is 2. The molecule has 174 valence electrons. The SMILES string of the molecule is CC(C)(C)CN(CC(F)(F)F)[C@H](C[NH-])C(=O)Nc1ccc(N2CCOCC2=O)c(F)c1. The van der Waals surface area contributed by atoms with E-state index in [0.717, 1.165) is 11.0 Å². The number of halogens is 4. The topological polar surface area (TPSA) is 85.7 Å². The summed E-state index contributed by atoms with van der Waals surface area (Å²) in [4.78, 5) is 26.7. The minimum Gasteiger partial charge on any atom is -0.676 e. The number of rotatable bonds is 7. The van der Waals surface area contributed by atoms with Gasteiger partial charge in [-0.3, -0.25) is 14.5 Å². The lowest BCUT2D eigenvalue weighted by Crippen LogP contribution is -2.52. The molecule has 0 bridgehead atoms. The third-order valence-corrected chi connectivity index (χ3v) is 4.49. The fraction of sp³-hybridized carbons (Fsp3) is 0.600. The normalized spacial score (nSPS) is 16.5. The highest BCUT2D eigenvalue weighted by atomic mass is 19.4. The molecule has 0 aromatic heterocycles. The van der Waals surface area contributed by atoms with Crippen LogP contribution in [0.1, 0.15) is 20.8 Å². The fourth-order valence-corrected chi connectivity index (χ4v) is 3.31. The van der Waals surface area contributed by atoms with E-state index in [4.69, 9.17) is 10.5 Å². The zero-order valence-electron chi connectivity index (χ0n) is 17.7. The Bertz CT molecular complexity index is 780. The van der Waals surface area contributed by atoms with Crippen LogP contribution < -0.4 is 10.2 Å². The van der Waals surface area contributed by atoms with Crippen molar-refractivity contribution in [3.8, 4) is 0 Å². The van der Waals surface area contributed by atoms with Gasteiger partial charge < -0.3 is 20.7 Å². The summed E-state index contributed by atoms with van der Waals surface area (Å²) in [6.07, 6.45) is -4.54. The molecule has 1 aliphatic rings. The monoisotopic (exact) mass is 447 g/mol. The Labute approximate surface area is 178 Å². The number of morpholine rings is 1. The maximum Gasteiger partial charge on any atom is 0.401 e. The number of nitrogens with zero attached hydrogens (tertiary/aromatic N) is 2. The lowest BCUT2D eigenvalue weighted by Gasteiger charge is -2.37. The summed E-state index contributed by atoms with van der Waals surface area (Å²) >= 11 is 0. The Kier molecular flexibility index (Phi) is 8.01. The molecule has 1 atom stereocenters. The van der Waals surface area contributed by atoms with Crippen molar-refractivity contribution in [2.24, 2.45) is 5.41 Å². The summed E-state index contributed by atoms with van der Waals surface area (Å²) in [5.74, 6) is -2.00. The number of hydrogen-bond acceptors (Lipinski definition) is 4. The number of carbonyl (C=O) groups is 2. The van der Waals surface area contributed by atoms with Crippen molar-refractivity contribution < 1.29 is 31.9 Å². The highest BCUT2D eigenvalue weighted by Crippen LogP contribution is 2.26. The highest BCUT2D eigenvalue weighted by molar-refractivity contribution is 5.97. The number of carbonyl (C=O) groups excluding carboxylic acids is 2. The van der Waals surface area contributed by atoms with Crippen molar-refractivity contribution in [2.75, 3.05) is 49.6 Å². The lowest BCUT2D eigenvalue weighted by molar-refractivity contribution is -0.155. The highest BCUT2D eigenvalue weighted by Gasteiger charge is 2.36. The van der Waals surface area contributed by atoms with E-state index in [9.17, 15) is 27.2 Å². The summed E-state index contributed by atoms with van der Waals surface area (Å²) in [6, 6.07) is 2.30. The van der Waals surface area contributed by atoms with Gasteiger partial charge in [-0.05, 0) is 23.6 Å². The van der Waals surface area contributed by atoms with E-state index in [1.54, 1.807) is 20.8 Å². The molecule has 2 N–H and O–H groups in total. The van der Waals surface area contributed by atoms with Crippen LogP contribution in [0.15, 0.2) is 18.2 Å². The van der Waals surface area contributed by atoms with Gasteiger partial charge in [0.05, 0.1) is 24.9 Å². The average Bonchev–Trinajstić information content (AvgIpc) is 2.60. The van der Waals surface area contributed by atoms with Gasteiger partial charge in [-0.25, -0.2) is 4.39 Å². The smallest absolute Gasteiger partial charge is 0.401 e. The predicted octanol–water partition coefficient (Wildman–Crippen LogP) is 3.46. The Balaban J connectivity index is 2.18. The van der Waals surface area contributed by atoms with Crippen LogP contribution in [0.25, 0.3) is 5.73 Å². The zero-order chi connectivity index (χ0) is 23.4. The molecule has 1 aliphatic heterocycles. The number of alkyl halides is 3. The molecule has 1 heterocycles. The molecule has 1 saturated heterocycles. The van der Waals surface area contributed by atoms with Crippen LogP contribution in [-0.4, -0.2) is 68.3 Å². The van der Waals surface area contributed by atoms with Crippen molar-refractivity contribution >= 4 is 23.2 Å². The summed E-state index contributed by atoms with van der Waals surface area (Å²) < 4.78 is 58.7. The second-order valence-electron chi connectivity index (χ2n) is 8.55. The van der Waals surface area contributed by atoms with E-state index in [2.05, 4.69) is 5.32 Å². The molecule has 1 aromatic rings. The average molecular weight is 447 g/mol. The third kappa shape index (κ3) is 7.44. The molecular formula is C20H27F4N4O3-. The third-order valence-electron chi connectivity index (χ3n) is 4.49. The van der Waals surface area contributed by atoms with Gasteiger partial charge in [-0.15, -0.1) is 6.54 Å². The Hall–Kier alpha value is -2.24. The van der Waals surface area contributed by atoms with E-state index >= 15 is 0 Å². The summed E-state index contributed by atoms with van der Waals surface area (Å²) in [7, 11) is 0. The fourth-order valence-electron chi connectivity index (χ4n) is 3.31. The van der Waals surface area contributed by atoms with E-state index < -0.39 is 48.4 Å². The quantitative estimate of drug-likeness (QED) is 0.649. The van der Waals surface area contributed by atoms with Crippen molar-refractivity contribution in [1.82, 2.24) is 4.90 Å². The number of benzene rings is 1. The minimum atomic E-state index is -4.54. The molecule has 7 nitrogen and oxygen atoms in total. The van der Waals surface area contributed by atoms with Crippen LogP contribution >= 0.6 is 0 Å². The van der Waals surface area contributed by atoms with Crippen molar-refractivity contribution in [3.05, 3.63) is 29.7 Å². The first-order valence-corrected chi connectivity index (χ1v) is 9.74. The van der Waals surface area contributed by atoms with Crippen LogP contribution in [0.5, 0.6) is 0 Å². The molecule has 31 heavy (non-hydrogen) atoms. The molecule has 0 saturated carbocycles. The van der Waals surface area contributed by atoms with Gasteiger partial charge in [0.15, 0.2) is 0 Å². The number of anilines is 2. The van der Waals surface area contributed by atoms with Crippen molar-refractivity contribution in [2.45, 2.75) is 33.0 Å². The van der Waals surface area contributed by atoms with Crippen LogP contribution in [0.2, 0.25) is 0 Å². The molecule has 0 radical (unpaired) electrons. The van der Waals surface area contributed by atoms with Gasteiger partial charge in [-0.2, -0.15) is 13.2 Å². The van der Waals surface area contributed by atoms with E-state index in [-0.39, 0.29) is 37.7 Å². The maximum atomic E-state index is 14.6. The van der Waals surface area contributed by atoms with Crippen molar-refractivity contribution in [1.29, 1.82) is 0 Å². The van der Waals surface area contributed by atoms with Crippen LogP contribution in [0, 0.1) is 11.2 Å². The second-order valence-corrected chi connectivity index (χ2v) is 8.55. The molecule has 1 fully saturated rings. The predicted molar refractivity (Wildman–Crippen MR) is 108 cm³/mol. The molecule has 2 rings (SSSR count). The Morgan fingerprint density at radius 3 is 2.48 bits per heavy atom. The first kappa shape index (κ1) is 25.0. The zero-order valence-corrected chi connectivity index (χ0v) is 17.7. The molecule has 0 unspecified atom stereocenters. The van der Waals surface area contributed by atoms with Gasteiger partial charge in [0.1, 0.15) is 12.4 Å². The standard InChI is InChI=1S/C20H27F4N4O3/c1-19(2,3)11-27(12-20(22,23)24)16(9-25)18(30)26-13-4-5-15(14(21)8-13)28-6-7-31-10-17(28)29/h4-5,8,16,25H,6-7,9-12H2,1-3H3,(H,26,30)/q-1/t16-/m1/s1. The molecule has 11 heteroatoms. The summed E-state index contributed by atoms with van der Waals surface area (Å²) in [5, 5.41) is 2.39. The minimum absolute atomic E-state index is 0.0214. The Morgan fingerprint density at radius 1 is 1.29 bits per heavy atom. The lowest BCUT2D eigenvalue weighted by atomic mass is 9.95. The van der Waals surface area contributed by atoms with Gasteiger partial charge in [0.25, 0.3) is 5.91 Å². The molecule has 1 aromatic carbocycles. The largest absolute Gasteiger partial charge is 0.676 e.